The van der Waals surface area contributed by atoms with Crippen LogP contribution in [0.2, 0.25) is 0 Å². The Morgan fingerprint density at radius 3 is 2.74 bits per heavy atom. The topological polar surface area (TPSA) is 70.8 Å². The Bertz CT molecular complexity index is 925. The number of ether oxygens (including phenoxy) is 3. The first kappa shape index (κ1) is 18.5. The van der Waals surface area contributed by atoms with Crippen molar-refractivity contribution >= 4 is 23.1 Å². The minimum atomic E-state index is -0.487. The lowest BCUT2D eigenvalue weighted by Crippen LogP contribution is -2.06. The predicted molar refractivity (Wildman–Crippen MR) is 102 cm³/mol. The summed E-state index contributed by atoms with van der Waals surface area (Å²) >= 11 is 0. The molecule has 0 unspecified atom stereocenters. The molecule has 0 atom stereocenters. The molecule has 1 heterocycles. The molecule has 3 aromatic rings. The van der Waals surface area contributed by atoms with Gasteiger partial charge in [0.05, 0.1) is 13.2 Å². The van der Waals surface area contributed by atoms with Crippen molar-refractivity contribution < 1.29 is 23.4 Å². The zero-order valence-electron chi connectivity index (χ0n) is 15.5. The van der Waals surface area contributed by atoms with Crippen LogP contribution in [0.4, 0.5) is 0 Å². The number of carbonyl (C=O) groups is 1. The maximum Gasteiger partial charge on any atom is 0.331 e. The van der Waals surface area contributed by atoms with Crippen molar-refractivity contribution in [3.8, 4) is 11.5 Å². The van der Waals surface area contributed by atoms with Crippen LogP contribution in [-0.2, 0) is 16.1 Å². The van der Waals surface area contributed by atoms with Gasteiger partial charge in [0.2, 0.25) is 5.89 Å². The van der Waals surface area contributed by atoms with Gasteiger partial charge in [-0.25, -0.2) is 9.78 Å². The van der Waals surface area contributed by atoms with E-state index in [0.717, 1.165) is 11.1 Å². The van der Waals surface area contributed by atoms with E-state index in [2.05, 4.69) is 4.98 Å². The summed E-state index contributed by atoms with van der Waals surface area (Å²) in [5.74, 6) is 1.13. The van der Waals surface area contributed by atoms with E-state index in [4.69, 9.17) is 18.6 Å². The summed E-state index contributed by atoms with van der Waals surface area (Å²) in [7, 11) is 1.57. The molecule has 0 spiro atoms. The number of benzene rings is 2. The summed E-state index contributed by atoms with van der Waals surface area (Å²) < 4.78 is 21.7. The molecule has 0 fully saturated rings. The van der Waals surface area contributed by atoms with Crippen LogP contribution in [0.3, 0.4) is 0 Å². The van der Waals surface area contributed by atoms with E-state index in [0.29, 0.717) is 23.0 Å². The third-order valence-corrected chi connectivity index (χ3v) is 3.64. The second-order valence-electron chi connectivity index (χ2n) is 6.09. The van der Waals surface area contributed by atoms with E-state index < -0.39 is 5.97 Å². The second kappa shape index (κ2) is 8.40. The predicted octanol–water partition coefficient (Wildman–Crippen LogP) is 4.38. The van der Waals surface area contributed by atoms with E-state index in [1.807, 2.05) is 50.2 Å². The van der Waals surface area contributed by atoms with Crippen LogP contribution in [0.5, 0.6) is 11.5 Å². The standard InChI is InChI=1S/C21H21NO5/c1-14(2)26-18-10-8-15(12-19(18)24-3)9-11-21(23)25-13-20-22-16-6-4-5-7-17(16)27-20/h4-12,14H,13H2,1-3H3/b11-9+. The number of para-hydroxylation sites is 2. The van der Waals surface area contributed by atoms with Gasteiger partial charge in [-0.1, -0.05) is 18.2 Å². The summed E-state index contributed by atoms with van der Waals surface area (Å²) in [5, 5.41) is 0. The lowest BCUT2D eigenvalue weighted by atomic mass is 10.2. The highest BCUT2D eigenvalue weighted by Gasteiger charge is 2.08. The zero-order valence-corrected chi connectivity index (χ0v) is 15.5. The lowest BCUT2D eigenvalue weighted by molar-refractivity contribution is -0.139. The average molecular weight is 367 g/mol. The number of hydrogen-bond donors (Lipinski definition) is 0. The molecular weight excluding hydrogens is 346 g/mol. The monoisotopic (exact) mass is 367 g/mol. The molecule has 0 N–H and O–H groups in total. The summed E-state index contributed by atoms with van der Waals surface area (Å²) in [6.45, 7) is 3.86. The SMILES string of the molecule is COc1cc(/C=C/C(=O)OCc2nc3ccccc3o2)ccc1OC(C)C. The quantitative estimate of drug-likeness (QED) is 0.456. The normalized spacial score (nSPS) is 11.3. The second-order valence-corrected chi connectivity index (χ2v) is 6.09. The molecule has 0 bridgehead atoms. The Morgan fingerprint density at radius 1 is 1.19 bits per heavy atom. The van der Waals surface area contributed by atoms with Crippen LogP contribution >= 0.6 is 0 Å². The zero-order chi connectivity index (χ0) is 19.2. The fraction of sp³-hybridized carbons (Fsp3) is 0.238. The van der Waals surface area contributed by atoms with Crippen LogP contribution in [0.1, 0.15) is 25.3 Å². The Labute approximate surface area is 157 Å². The molecule has 6 nitrogen and oxygen atoms in total. The third-order valence-electron chi connectivity index (χ3n) is 3.64. The van der Waals surface area contributed by atoms with Gasteiger partial charge in [0.15, 0.2) is 23.7 Å². The number of carbonyl (C=O) groups excluding carboxylic acids is 1. The molecule has 0 saturated carbocycles. The number of methoxy groups -OCH3 is 1. The molecular formula is C21H21NO5. The minimum absolute atomic E-state index is 0.0255. The van der Waals surface area contributed by atoms with Crippen molar-refractivity contribution in [3.05, 3.63) is 60.0 Å². The van der Waals surface area contributed by atoms with Gasteiger partial charge >= 0.3 is 5.97 Å². The van der Waals surface area contributed by atoms with Gasteiger partial charge in [-0.3, -0.25) is 0 Å². The fourth-order valence-corrected chi connectivity index (χ4v) is 2.47. The van der Waals surface area contributed by atoms with Crippen LogP contribution < -0.4 is 9.47 Å². The highest BCUT2D eigenvalue weighted by atomic mass is 16.5. The summed E-state index contributed by atoms with van der Waals surface area (Å²) in [4.78, 5) is 16.2. The molecule has 1 aromatic heterocycles. The molecule has 27 heavy (non-hydrogen) atoms. The van der Waals surface area contributed by atoms with E-state index in [9.17, 15) is 4.79 Å². The van der Waals surface area contributed by atoms with E-state index in [-0.39, 0.29) is 12.7 Å². The average Bonchev–Trinajstić information content (AvgIpc) is 3.08. The maximum absolute atomic E-state index is 11.9. The Balaban J connectivity index is 1.60. The van der Waals surface area contributed by atoms with Gasteiger partial charge in [0.25, 0.3) is 0 Å². The van der Waals surface area contributed by atoms with Gasteiger partial charge in [0.1, 0.15) is 5.52 Å². The largest absolute Gasteiger partial charge is 0.493 e. The highest BCUT2D eigenvalue weighted by molar-refractivity contribution is 5.87. The van der Waals surface area contributed by atoms with Gasteiger partial charge < -0.3 is 18.6 Å². The fourth-order valence-electron chi connectivity index (χ4n) is 2.47. The van der Waals surface area contributed by atoms with Crippen LogP contribution in [0, 0.1) is 0 Å². The first-order chi connectivity index (χ1) is 13.0. The summed E-state index contributed by atoms with van der Waals surface area (Å²) in [5.41, 5.74) is 2.19. The van der Waals surface area contributed by atoms with Gasteiger partial charge in [-0.2, -0.15) is 0 Å². The number of aromatic nitrogens is 1. The first-order valence-electron chi connectivity index (χ1n) is 8.59. The molecule has 140 valence electrons. The Kier molecular flexibility index (Phi) is 5.76. The van der Waals surface area contributed by atoms with Crippen molar-refractivity contribution in [1.29, 1.82) is 0 Å². The van der Waals surface area contributed by atoms with Crippen LogP contribution in [-0.4, -0.2) is 24.2 Å². The van der Waals surface area contributed by atoms with Crippen molar-refractivity contribution in [1.82, 2.24) is 4.98 Å². The summed E-state index contributed by atoms with van der Waals surface area (Å²) in [6, 6.07) is 12.8. The third kappa shape index (κ3) is 4.88. The molecule has 2 aromatic carbocycles. The lowest BCUT2D eigenvalue weighted by Gasteiger charge is -2.13. The molecule has 3 rings (SSSR count). The molecule has 0 aliphatic carbocycles. The van der Waals surface area contributed by atoms with Gasteiger partial charge in [-0.15, -0.1) is 0 Å². The Morgan fingerprint density at radius 2 is 2.00 bits per heavy atom. The molecule has 0 radical (unpaired) electrons. The number of hydrogen-bond acceptors (Lipinski definition) is 6. The van der Waals surface area contributed by atoms with Gasteiger partial charge in [0, 0.05) is 6.08 Å². The molecule has 6 heteroatoms. The van der Waals surface area contributed by atoms with Crippen LogP contribution in [0.25, 0.3) is 17.2 Å². The van der Waals surface area contributed by atoms with E-state index in [1.54, 1.807) is 19.3 Å². The van der Waals surface area contributed by atoms with E-state index >= 15 is 0 Å². The number of rotatable bonds is 7. The number of oxazole rings is 1. The number of esters is 1. The number of fused-ring (bicyclic) bond motifs is 1. The Hall–Kier alpha value is -3.28. The number of nitrogens with zero attached hydrogens (tertiary/aromatic N) is 1. The molecule has 0 aliphatic rings. The minimum Gasteiger partial charge on any atom is -0.493 e. The van der Waals surface area contributed by atoms with Crippen molar-refractivity contribution in [3.63, 3.8) is 0 Å². The smallest absolute Gasteiger partial charge is 0.331 e. The van der Waals surface area contributed by atoms with Gasteiger partial charge in [-0.05, 0) is 49.8 Å². The first-order valence-corrected chi connectivity index (χ1v) is 8.59. The van der Waals surface area contributed by atoms with Crippen molar-refractivity contribution in [2.24, 2.45) is 0 Å². The van der Waals surface area contributed by atoms with E-state index in [1.165, 1.54) is 6.08 Å². The highest BCUT2D eigenvalue weighted by Crippen LogP contribution is 2.29. The molecule has 0 aliphatic heterocycles. The maximum atomic E-state index is 11.9. The summed E-state index contributed by atoms with van der Waals surface area (Å²) in [6.07, 6.45) is 3.04. The van der Waals surface area contributed by atoms with Crippen molar-refractivity contribution in [2.45, 2.75) is 26.6 Å². The van der Waals surface area contributed by atoms with Crippen molar-refractivity contribution in [2.75, 3.05) is 7.11 Å². The van der Waals surface area contributed by atoms with Crippen LogP contribution in [0.15, 0.2) is 53.0 Å². The molecule has 0 saturated heterocycles. The molecule has 0 amide bonds.